The highest BCUT2D eigenvalue weighted by atomic mass is 16.2. The lowest BCUT2D eigenvalue weighted by Gasteiger charge is -2.29. The van der Waals surface area contributed by atoms with Gasteiger partial charge in [-0.25, -0.2) is 4.98 Å². The summed E-state index contributed by atoms with van der Waals surface area (Å²) in [7, 11) is 0. The van der Waals surface area contributed by atoms with Gasteiger partial charge in [0.05, 0.1) is 16.8 Å². The number of hydrogen-bond donors (Lipinski definition) is 2. The van der Waals surface area contributed by atoms with Gasteiger partial charge in [0.25, 0.3) is 5.91 Å². The van der Waals surface area contributed by atoms with E-state index >= 15 is 0 Å². The molecule has 3 aromatic carbocycles. The molecule has 2 aliphatic rings. The van der Waals surface area contributed by atoms with Crippen molar-refractivity contribution < 1.29 is 19.2 Å². The van der Waals surface area contributed by atoms with E-state index in [1.165, 1.54) is 10.5 Å². The molecule has 0 spiro atoms. The van der Waals surface area contributed by atoms with E-state index in [1.807, 2.05) is 48.5 Å². The van der Waals surface area contributed by atoms with Crippen molar-refractivity contribution in [2.45, 2.75) is 51.6 Å². The number of hydrogen-bond acceptors (Lipinski definition) is 5. The minimum atomic E-state index is -0.678. The van der Waals surface area contributed by atoms with Gasteiger partial charge in [-0.15, -0.1) is 0 Å². The number of carbonyl (C=O) groups is 4. The number of amides is 4. The molecule has 6 rings (SSSR count). The average Bonchev–Trinajstić information content (AvgIpc) is 3.27. The van der Waals surface area contributed by atoms with E-state index < -0.39 is 17.9 Å². The molecule has 0 bridgehead atoms. The molecule has 0 saturated carbocycles. The van der Waals surface area contributed by atoms with E-state index in [4.69, 9.17) is 10.7 Å². The van der Waals surface area contributed by atoms with Crippen LogP contribution in [0.3, 0.4) is 0 Å². The summed E-state index contributed by atoms with van der Waals surface area (Å²) in [5.74, 6) is -1.13. The van der Waals surface area contributed by atoms with Gasteiger partial charge in [0.2, 0.25) is 17.7 Å². The number of nitrogens with zero attached hydrogens (tertiary/aromatic N) is 2. The monoisotopic (exact) mass is 546 g/mol. The number of benzene rings is 3. The molecule has 0 radical (unpaired) electrons. The Morgan fingerprint density at radius 2 is 1.80 bits per heavy atom. The van der Waals surface area contributed by atoms with Crippen molar-refractivity contribution in [2.75, 3.05) is 0 Å². The standard InChI is InChI=1S/C33H30N4O4/c1-18(2)20-8-10-21(11-9-20)30-25(29(31(34)39)24-5-3-4-6-26(24)35-30)16-19-7-12-23-22(15-19)17-37(33(23)41)27-13-14-28(38)36-32(27)40/h3-12,15,18,27H,13-14,16-17H2,1-2H3,(H2,34,39)(H,36,38,40). The van der Waals surface area contributed by atoms with E-state index in [-0.39, 0.29) is 24.8 Å². The van der Waals surface area contributed by atoms with Crippen molar-refractivity contribution >= 4 is 34.5 Å². The van der Waals surface area contributed by atoms with Crippen molar-refractivity contribution in [1.29, 1.82) is 0 Å². The van der Waals surface area contributed by atoms with Gasteiger partial charge in [0, 0.05) is 35.9 Å². The van der Waals surface area contributed by atoms with Gasteiger partial charge in [0.15, 0.2) is 0 Å². The Labute approximate surface area is 237 Å². The number of para-hydroxylation sites is 1. The first-order valence-electron chi connectivity index (χ1n) is 13.8. The van der Waals surface area contributed by atoms with Crippen LogP contribution in [0.5, 0.6) is 0 Å². The van der Waals surface area contributed by atoms with Crippen LogP contribution in [0.15, 0.2) is 66.7 Å². The van der Waals surface area contributed by atoms with Gasteiger partial charge < -0.3 is 10.6 Å². The molecule has 0 aliphatic carbocycles. The molecule has 41 heavy (non-hydrogen) atoms. The summed E-state index contributed by atoms with van der Waals surface area (Å²) in [6.45, 7) is 4.55. The van der Waals surface area contributed by atoms with Gasteiger partial charge in [0.1, 0.15) is 6.04 Å². The first kappa shape index (κ1) is 26.4. The number of piperidine rings is 1. The molecule has 4 aromatic rings. The SMILES string of the molecule is CC(C)c1ccc(-c2nc3ccccc3c(C(N)=O)c2Cc2ccc3c(c2)CN(C2CCC(=O)NC2=O)C3=O)cc1. The lowest BCUT2D eigenvalue weighted by molar-refractivity contribution is -0.136. The molecule has 4 amide bonds. The highest BCUT2D eigenvalue weighted by molar-refractivity contribution is 6.08. The Kier molecular flexibility index (Phi) is 6.61. The van der Waals surface area contributed by atoms with E-state index in [1.54, 1.807) is 6.07 Å². The number of nitrogens with one attached hydrogen (secondary N) is 1. The molecule has 2 aliphatic heterocycles. The molecule has 3 N–H and O–H groups in total. The highest BCUT2D eigenvalue weighted by Gasteiger charge is 2.39. The fraction of sp³-hybridized carbons (Fsp3) is 0.242. The number of carbonyl (C=O) groups excluding carboxylic acids is 4. The number of primary amides is 1. The van der Waals surface area contributed by atoms with Gasteiger partial charge in [-0.05, 0) is 46.7 Å². The van der Waals surface area contributed by atoms with Crippen molar-refractivity contribution in [3.8, 4) is 11.3 Å². The zero-order chi connectivity index (χ0) is 28.8. The smallest absolute Gasteiger partial charge is 0.255 e. The zero-order valence-electron chi connectivity index (χ0n) is 22.9. The minimum absolute atomic E-state index is 0.202. The molecule has 1 fully saturated rings. The van der Waals surface area contributed by atoms with Crippen molar-refractivity contribution in [3.63, 3.8) is 0 Å². The van der Waals surface area contributed by atoms with E-state index in [9.17, 15) is 19.2 Å². The first-order chi connectivity index (χ1) is 19.7. The first-order valence-corrected chi connectivity index (χ1v) is 13.8. The predicted molar refractivity (Wildman–Crippen MR) is 155 cm³/mol. The van der Waals surface area contributed by atoms with Crippen LogP contribution in [0.4, 0.5) is 0 Å². The van der Waals surface area contributed by atoms with Crippen LogP contribution in [0.1, 0.15) is 75.6 Å². The number of pyridine rings is 1. The summed E-state index contributed by atoms with van der Waals surface area (Å²) in [6, 6.07) is 20.6. The molecule has 3 heterocycles. The largest absolute Gasteiger partial charge is 0.366 e. The number of aromatic nitrogens is 1. The van der Waals surface area contributed by atoms with Crippen LogP contribution in [0.2, 0.25) is 0 Å². The second-order valence-electron chi connectivity index (χ2n) is 11.0. The third-order valence-corrected chi connectivity index (χ3v) is 8.06. The third-order valence-electron chi connectivity index (χ3n) is 8.06. The van der Waals surface area contributed by atoms with Crippen molar-refractivity contribution in [2.24, 2.45) is 5.73 Å². The quantitative estimate of drug-likeness (QED) is 0.346. The van der Waals surface area contributed by atoms with E-state index in [2.05, 4.69) is 31.3 Å². The summed E-state index contributed by atoms with van der Waals surface area (Å²) in [5, 5.41) is 3.03. The molecule has 1 aromatic heterocycles. The maximum Gasteiger partial charge on any atom is 0.255 e. The number of nitrogens with two attached hydrogens (primary N) is 1. The van der Waals surface area contributed by atoms with Gasteiger partial charge in [-0.2, -0.15) is 0 Å². The van der Waals surface area contributed by atoms with Crippen LogP contribution >= 0.6 is 0 Å². The van der Waals surface area contributed by atoms with Crippen LogP contribution < -0.4 is 11.1 Å². The normalized spacial score (nSPS) is 16.8. The lowest BCUT2D eigenvalue weighted by atomic mass is 9.90. The van der Waals surface area contributed by atoms with Crippen LogP contribution in [-0.2, 0) is 22.6 Å². The second-order valence-corrected chi connectivity index (χ2v) is 11.0. The molecule has 1 unspecified atom stereocenters. The Morgan fingerprint density at radius 3 is 2.51 bits per heavy atom. The minimum Gasteiger partial charge on any atom is -0.366 e. The molecular weight excluding hydrogens is 516 g/mol. The summed E-state index contributed by atoms with van der Waals surface area (Å²) < 4.78 is 0. The van der Waals surface area contributed by atoms with Gasteiger partial charge in [-0.1, -0.05) is 68.4 Å². The second kappa shape index (κ2) is 10.3. The zero-order valence-corrected chi connectivity index (χ0v) is 22.9. The van der Waals surface area contributed by atoms with Gasteiger partial charge >= 0.3 is 0 Å². The Bertz CT molecular complexity index is 1740. The molecule has 1 atom stereocenters. The number of fused-ring (bicyclic) bond motifs is 2. The van der Waals surface area contributed by atoms with E-state index in [0.717, 1.165) is 22.3 Å². The number of rotatable bonds is 6. The average molecular weight is 547 g/mol. The van der Waals surface area contributed by atoms with Crippen molar-refractivity contribution in [3.05, 3.63) is 100 Å². The molecular formula is C33H30N4O4. The van der Waals surface area contributed by atoms with Crippen LogP contribution in [0.25, 0.3) is 22.2 Å². The van der Waals surface area contributed by atoms with Gasteiger partial charge in [-0.3, -0.25) is 24.5 Å². The fourth-order valence-electron chi connectivity index (χ4n) is 5.91. The summed E-state index contributed by atoms with van der Waals surface area (Å²) in [5.41, 5.74) is 12.8. The summed E-state index contributed by atoms with van der Waals surface area (Å²) in [6.07, 6.45) is 0.881. The summed E-state index contributed by atoms with van der Waals surface area (Å²) >= 11 is 0. The molecule has 8 heteroatoms. The number of imide groups is 1. The Balaban J connectivity index is 1.41. The predicted octanol–water partition coefficient (Wildman–Crippen LogP) is 4.48. The molecule has 8 nitrogen and oxygen atoms in total. The maximum absolute atomic E-state index is 13.2. The third kappa shape index (κ3) is 4.75. The Morgan fingerprint density at radius 1 is 1.05 bits per heavy atom. The topological polar surface area (TPSA) is 122 Å². The van der Waals surface area contributed by atoms with E-state index in [0.29, 0.717) is 46.5 Å². The fourth-order valence-corrected chi connectivity index (χ4v) is 5.91. The Hall–Kier alpha value is -4.85. The molecule has 206 valence electrons. The summed E-state index contributed by atoms with van der Waals surface area (Å²) in [4.78, 5) is 56.7. The maximum atomic E-state index is 13.2. The van der Waals surface area contributed by atoms with Crippen LogP contribution in [0, 0.1) is 0 Å². The van der Waals surface area contributed by atoms with Crippen LogP contribution in [-0.4, -0.2) is 39.6 Å². The van der Waals surface area contributed by atoms with Crippen molar-refractivity contribution in [1.82, 2.24) is 15.2 Å². The highest BCUT2D eigenvalue weighted by Crippen LogP contribution is 2.34. The molecule has 1 saturated heterocycles. The lowest BCUT2D eigenvalue weighted by Crippen LogP contribution is -2.52.